The first kappa shape index (κ1) is 23.7. The zero-order valence-electron chi connectivity index (χ0n) is 19.3. The summed E-state index contributed by atoms with van der Waals surface area (Å²) in [5.74, 6) is 0.943. The number of ether oxygens (including phenoxy) is 1. The molecule has 0 aromatic carbocycles. The Labute approximate surface area is 194 Å². The number of aryl methyl sites for hydroxylation is 1. The smallest absolute Gasteiger partial charge is 0.433 e. The van der Waals surface area contributed by atoms with Crippen molar-refractivity contribution in [1.82, 2.24) is 29.4 Å². The number of alkyl halides is 3. The van der Waals surface area contributed by atoms with Crippen LogP contribution in [0.1, 0.15) is 39.8 Å². The maximum Gasteiger partial charge on any atom is 0.433 e. The number of amides is 1. The fraction of sp³-hybridized carbons (Fsp3) is 0.500. The van der Waals surface area contributed by atoms with Crippen LogP contribution < -0.4 is 5.32 Å². The van der Waals surface area contributed by atoms with Gasteiger partial charge in [0.2, 0.25) is 0 Å². The second-order valence-electron chi connectivity index (χ2n) is 9.06. The number of halogens is 3. The number of rotatable bonds is 4. The lowest BCUT2D eigenvalue weighted by atomic mass is 10.2. The molecule has 1 aliphatic rings. The number of nitrogens with one attached hydrogen (secondary N) is 1. The summed E-state index contributed by atoms with van der Waals surface area (Å²) in [6, 6.07) is 2.22. The fourth-order valence-electron chi connectivity index (χ4n) is 3.82. The zero-order chi connectivity index (χ0) is 24.7. The van der Waals surface area contributed by atoms with Gasteiger partial charge in [0, 0.05) is 37.4 Å². The van der Waals surface area contributed by atoms with Crippen molar-refractivity contribution < 1.29 is 22.7 Å². The molecule has 12 heteroatoms. The SMILES string of the molecule is CCn1c(-c2ccc(C(F)(F)F)nc2)nc2c(N[C@@H]3CCN(C(=O)OC(C)(C)C)C3)ncnc21. The minimum absolute atomic E-state index is 0.0615. The van der Waals surface area contributed by atoms with Crippen LogP contribution in [0.4, 0.5) is 23.8 Å². The van der Waals surface area contributed by atoms with Crippen molar-refractivity contribution in [3.63, 3.8) is 0 Å². The molecule has 4 heterocycles. The maximum atomic E-state index is 12.9. The van der Waals surface area contributed by atoms with Crippen LogP contribution in [0.25, 0.3) is 22.6 Å². The van der Waals surface area contributed by atoms with Gasteiger partial charge in [-0.3, -0.25) is 4.98 Å². The number of aromatic nitrogens is 5. The van der Waals surface area contributed by atoms with Gasteiger partial charge in [0.05, 0.1) is 0 Å². The Morgan fingerprint density at radius 2 is 1.97 bits per heavy atom. The Morgan fingerprint density at radius 1 is 1.21 bits per heavy atom. The molecule has 3 aromatic heterocycles. The van der Waals surface area contributed by atoms with Gasteiger partial charge in [0.15, 0.2) is 17.0 Å². The largest absolute Gasteiger partial charge is 0.444 e. The van der Waals surface area contributed by atoms with Gasteiger partial charge >= 0.3 is 12.3 Å². The first-order chi connectivity index (χ1) is 16.0. The van der Waals surface area contributed by atoms with Crippen molar-refractivity contribution in [1.29, 1.82) is 0 Å². The van der Waals surface area contributed by atoms with E-state index in [0.29, 0.717) is 54.4 Å². The number of pyridine rings is 1. The molecule has 0 bridgehead atoms. The van der Waals surface area contributed by atoms with Crippen LogP contribution in [0.3, 0.4) is 0 Å². The summed E-state index contributed by atoms with van der Waals surface area (Å²) in [6.07, 6.45) is -1.60. The highest BCUT2D eigenvalue weighted by atomic mass is 19.4. The quantitative estimate of drug-likeness (QED) is 0.597. The molecule has 9 nitrogen and oxygen atoms in total. The number of imidazole rings is 1. The van der Waals surface area contributed by atoms with E-state index in [1.807, 2.05) is 27.7 Å². The van der Waals surface area contributed by atoms with E-state index in [0.717, 1.165) is 12.3 Å². The van der Waals surface area contributed by atoms with Gasteiger partial charge in [-0.15, -0.1) is 0 Å². The van der Waals surface area contributed by atoms with E-state index in [1.165, 1.54) is 12.4 Å². The highest BCUT2D eigenvalue weighted by Gasteiger charge is 2.33. The van der Waals surface area contributed by atoms with Crippen LogP contribution >= 0.6 is 0 Å². The number of hydrogen-bond donors (Lipinski definition) is 1. The van der Waals surface area contributed by atoms with Crippen LogP contribution in [0, 0.1) is 0 Å². The maximum absolute atomic E-state index is 12.9. The standard InChI is InChI=1S/C22H26F3N7O2/c1-5-32-18(13-6-7-15(26-10-13)22(23,24)25)30-16-17(27-12-28-19(16)32)29-14-8-9-31(11-14)20(33)34-21(2,3)4/h6-7,10,12,14H,5,8-9,11H2,1-4H3,(H,27,28,29)/t14-/m1/s1. The van der Waals surface area contributed by atoms with Crippen molar-refractivity contribution in [2.24, 2.45) is 0 Å². The van der Waals surface area contributed by atoms with Crippen molar-refractivity contribution >= 4 is 23.1 Å². The van der Waals surface area contributed by atoms with Crippen molar-refractivity contribution in [3.05, 3.63) is 30.4 Å². The number of anilines is 1. The van der Waals surface area contributed by atoms with Crippen LogP contribution in [-0.4, -0.2) is 60.2 Å². The van der Waals surface area contributed by atoms with Crippen LogP contribution in [0.2, 0.25) is 0 Å². The third-order valence-electron chi connectivity index (χ3n) is 5.34. The topological polar surface area (TPSA) is 98.1 Å². The molecule has 0 radical (unpaired) electrons. The Bertz CT molecular complexity index is 1190. The van der Waals surface area contributed by atoms with Crippen molar-refractivity contribution in [2.45, 2.75) is 58.5 Å². The summed E-state index contributed by atoms with van der Waals surface area (Å²) in [7, 11) is 0. The summed E-state index contributed by atoms with van der Waals surface area (Å²) in [6.45, 7) is 8.86. The summed E-state index contributed by atoms with van der Waals surface area (Å²) in [4.78, 5) is 30.9. The number of fused-ring (bicyclic) bond motifs is 1. The van der Waals surface area contributed by atoms with Gasteiger partial charge in [0.1, 0.15) is 23.4 Å². The number of carbonyl (C=O) groups excluding carboxylic acids is 1. The first-order valence-corrected chi connectivity index (χ1v) is 11.0. The molecule has 1 aliphatic heterocycles. The Balaban J connectivity index is 1.59. The van der Waals surface area contributed by atoms with Crippen LogP contribution in [0.15, 0.2) is 24.7 Å². The molecule has 3 aromatic rings. The lowest BCUT2D eigenvalue weighted by Gasteiger charge is -2.24. The molecule has 4 rings (SSSR count). The van der Waals surface area contributed by atoms with E-state index in [-0.39, 0.29) is 12.1 Å². The molecule has 1 N–H and O–H groups in total. The Kier molecular flexibility index (Phi) is 6.09. The highest BCUT2D eigenvalue weighted by molar-refractivity contribution is 5.86. The molecule has 0 unspecified atom stereocenters. The minimum Gasteiger partial charge on any atom is -0.444 e. The van der Waals surface area contributed by atoms with Crippen LogP contribution in [-0.2, 0) is 17.5 Å². The number of carbonyl (C=O) groups is 1. The molecule has 0 aliphatic carbocycles. The summed E-state index contributed by atoms with van der Waals surface area (Å²) in [5.41, 5.74) is -0.0474. The molecule has 182 valence electrons. The molecule has 0 saturated carbocycles. The second-order valence-corrected chi connectivity index (χ2v) is 9.06. The van der Waals surface area contributed by atoms with E-state index in [1.54, 1.807) is 9.47 Å². The molecule has 34 heavy (non-hydrogen) atoms. The predicted molar refractivity (Wildman–Crippen MR) is 119 cm³/mol. The van der Waals surface area contributed by atoms with Gasteiger partial charge in [0.25, 0.3) is 0 Å². The van der Waals surface area contributed by atoms with Crippen LogP contribution in [0.5, 0.6) is 0 Å². The van der Waals surface area contributed by atoms with Gasteiger partial charge in [-0.1, -0.05) is 0 Å². The number of likely N-dealkylation sites (tertiary alicyclic amines) is 1. The molecule has 0 spiro atoms. The average Bonchev–Trinajstić information content (AvgIpc) is 3.37. The molecule has 1 fully saturated rings. The fourth-order valence-corrected chi connectivity index (χ4v) is 3.82. The molecular weight excluding hydrogens is 451 g/mol. The summed E-state index contributed by atoms with van der Waals surface area (Å²) < 4.78 is 45.9. The third-order valence-corrected chi connectivity index (χ3v) is 5.34. The van der Waals surface area contributed by atoms with E-state index in [9.17, 15) is 18.0 Å². The average molecular weight is 477 g/mol. The summed E-state index contributed by atoms with van der Waals surface area (Å²) in [5, 5.41) is 3.34. The normalized spacial score (nSPS) is 16.8. The minimum atomic E-state index is -4.51. The van der Waals surface area contributed by atoms with E-state index in [4.69, 9.17) is 4.74 Å². The van der Waals surface area contributed by atoms with Crippen molar-refractivity contribution in [2.75, 3.05) is 18.4 Å². The summed E-state index contributed by atoms with van der Waals surface area (Å²) >= 11 is 0. The lowest BCUT2D eigenvalue weighted by Crippen LogP contribution is -2.36. The Hall–Kier alpha value is -3.44. The third kappa shape index (κ3) is 4.90. The van der Waals surface area contributed by atoms with Gasteiger partial charge in [-0.2, -0.15) is 13.2 Å². The zero-order valence-corrected chi connectivity index (χ0v) is 19.3. The predicted octanol–water partition coefficient (Wildman–Crippen LogP) is 4.35. The molecule has 1 saturated heterocycles. The highest BCUT2D eigenvalue weighted by Crippen LogP contribution is 2.31. The van der Waals surface area contributed by atoms with E-state index in [2.05, 4.69) is 25.3 Å². The van der Waals surface area contributed by atoms with Gasteiger partial charge in [-0.25, -0.2) is 19.7 Å². The van der Waals surface area contributed by atoms with E-state index >= 15 is 0 Å². The second kappa shape index (κ2) is 8.73. The molecule has 1 amide bonds. The number of hydrogen-bond acceptors (Lipinski definition) is 7. The monoisotopic (exact) mass is 477 g/mol. The van der Waals surface area contributed by atoms with Gasteiger partial charge < -0.3 is 19.5 Å². The Morgan fingerprint density at radius 3 is 2.59 bits per heavy atom. The van der Waals surface area contributed by atoms with Crippen molar-refractivity contribution in [3.8, 4) is 11.4 Å². The number of nitrogens with zero attached hydrogens (tertiary/aromatic N) is 6. The molecule has 1 atom stereocenters. The lowest BCUT2D eigenvalue weighted by molar-refractivity contribution is -0.141. The van der Waals surface area contributed by atoms with E-state index < -0.39 is 17.5 Å². The first-order valence-electron chi connectivity index (χ1n) is 11.0. The van der Waals surface area contributed by atoms with Gasteiger partial charge in [-0.05, 0) is 46.2 Å². The molecular formula is C22H26F3N7O2.